The number of fused-ring (bicyclic) bond motifs is 1. The lowest BCUT2D eigenvalue weighted by Gasteiger charge is -2.68. The predicted octanol–water partition coefficient (Wildman–Crippen LogP) is 4.27. The first-order valence-corrected chi connectivity index (χ1v) is 10.5. The zero-order chi connectivity index (χ0) is 18.7. The van der Waals surface area contributed by atoms with Crippen LogP contribution in [0.1, 0.15) is 72.6 Å². The number of esters is 1. The molecule has 1 N–H and O–H groups in total. The highest BCUT2D eigenvalue weighted by molar-refractivity contribution is 5.75. The minimum Gasteiger partial charge on any atom is -0.481 e. The van der Waals surface area contributed by atoms with Gasteiger partial charge in [0, 0.05) is 18.3 Å². The van der Waals surface area contributed by atoms with E-state index in [-0.39, 0.29) is 28.8 Å². The van der Waals surface area contributed by atoms with Gasteiger partial charge >= 0.3 is 11.9 Å². The standard InChI is InChI=1S/C22H32O4/c1-12(23)26-17-16-14-11-22(17)13(10-20(14,16)3)6-7-15-19(2,18(24)25)8-5-9-21(15,22)4/h13-17H,5-11H2,1-4H3,(H,24,25). The van der Waals surface area contributed by atoms with Gasteiger partial charge in [-0.1, -0.05) is 20.3 Å². The molecule has 26 heavy (non-hydrogen) atoms. The molecular weight excluding hydrogens is 328 g/mol. The number of hydrogen-bond donors (Lipinski definition) is 1. The van der Waals surface area contributed by atoms with Gasteiger partial charge in [0.25, 0.3) is 0 Å². The highest BCUT2D eigenvalue weighted by Crippen LogP contribution is 2.87. The number of aliphatic carboxylic acids is 1. The number of carboxylic acid groups (broad SMARTS) is 1. The average molecular weight is 360 g/mol. The second-order valence-corrected chi connectivity index (χ2v) is 10.9. The normalized spacial score (nSPS) is 59.2. The lowest BCUT2D eigenvalue weighted by molar-refractivity contribution is -0.242. The monoisotopic (exact) mass is 360 g/mol. The summed E-state index contributed by atoms with van der Waals surface area (Å²) in [7, 11) is 0. The van der Waals surface area contributed by atoms with Crippen LogP contribution in [-0.4, -0.2) is 23.1 Å². The van der Waals surface area contributed by atoms with Crippen LogP contribution < -0.4 is 0 Å². The van der Waals surface area contributed by atoms with E-state index in [1.54, 1.807) is 6.92 Å². The van der Waals surface area contributed by atoms with Gasteiger partial charge in [-0.15, -0.1) is 0 Å². The molecule has 0 aliphatic heterocycles. The van der Waals surface area contributed by atoms with E-state index in [0.29, 0.717) is 23.2 Å². The van der Waals surface area contributed by atoms with Crippen LogP contribution in [-0.2, 0) is 14.3 Å². The molecule has 9 unspecified atom stereocenters. The van der Waals surface area contributed by atoms with Crippen LogP contribution in [0.4, 0.5) is 0 Å². The summed E-state index contributed by atoms with van der Waals surface area (Å²) in [5.41, 5.74) is -0.302. The molecule has 0 aromatic heterocycles. The number of carbonyl (C=O) groups excluding carboxylic acids is 1. The summed E-state index contributed by atoms with van der Waals surface area (Å²) in [5.74, 6) is 1.18. The van der Waals surface area contributed by atoms with Gasteiger partial charge in [0.05, 0.1) is 5.41 Å². The molecule has 0 radical (unpaired) electrons. The van der Waals surface area contributed by atoms with Crippen LogP contribution in [0.3, 0.4) is 0 Å². The molecule has 4 nitrogen and oxygen atoms in total. The zero-order valence-electron chi connectivity index (χ0n) is 16.5. The highest BCUT2D eigenvalue weighted by Gasteiger charge is 2.85. The third kappa shape index (κ3) is 1.61. The predicted molar refractivity (Wildman–Crippen MR) is 96.2 cm³/mol. The van der Waals surface area contributed by atoms with Gasteiger partial charge < -0.3 is 9.84 Å². The van der Waals surface area contributed by atoms with Crippen molar-refractivity contribution in [3.05, 3.63) is 0 Å². The molecule has 4 bridgehead atoms. The molecule has 9 atom stereocenters. The second kappa shape index (κ2) is 4.67. The first-order valence-electron chi connectivity index (χ1n) is 10.5. The van der Waals surface area contributed by atoms with Crippen LogP contribution in [0.2, 0.25) is 0 Å². The number of rotatable bonds is 2. The molecule has 0 amide bonds. The van der Waals surface area contributed by atoms with Crippen molar-refractivity contribution in [3.63, 3.8) is 0 Å². The number of carbonyl (C=O) groups is 2. The van der Waals surface area contributed by atoms with E-state index in [9.17, 15) is 14.7 Å². The minimum absolute atomic E-state index is 0.00576. The van der Waals surface area contributed by atoms with E-state index < -0.39 is 11.4 Å². The molecule has 0 heterocycles. The molecule has 144 valence electrons. The van der Waals surface area contributed by atoms with Gasteiger partial charge in [0.2, 0.25) is 0 Å². The third-order valence-corrected chi connectivity index (χ3v) is 10.3. The van der Waals surface area contributed by atoms with Crippen molar-refractivity contribution in [2.75, 3.05) is 0 Å². The summed E-state index contributed by atoms with van der Waals surface area (Å²) in [6.45, 7) is 8.30. The smallest absolute Gasteiger partial charge is 0.309 e. The molecule has 4 heteroatoms. The minimum atomic E-state index is -0.638. The van der Waals surface area contributed by atoms with Gasteiger partial charge in [0.1, 0.15) is 6.10 Å². The molecular formula is C22H32O4. The Morgan fingerprint density at radius 3 is 2.46 bits per heavy atom. The summed E-state index contributed by atoms with van der Waals surface area (Å²) in [6, 6.07) is 0. The van der Waals surface area contributed by atoms with Crippen LogP contribution in [0.5, 0.6) is 0 Å². The van der Waals surface area contributed by atoms with E-state index in [1.807, 2.05) is 6.92 Å². The third-order valence-electron chi connectivity index (χ3n) is 10.3. The van der Waals surface area contributed by atoms with Crippen LogP contribution >= 0.6 is 0 Å². The number of ether oxygens (including phenoxy) is 1. The molecule has 6 saturated carbocycles. The maximum absolute atomic E-state index is 12.3. The fraction of sp³-hybridized carbons (Fsp3) is 0.909. The molecule has 0 aromatic rings. The van der Waals surface area contributed by atoms with Crippen molar-refractivity contribution in [1.29, 1.82) is 0 Å². The molecule has 6 aliphatic carbocycles. The van der Waals surface area contributed by atoms with Gasteiger partial charge in [-0.05, 0) is 74.0 Å². The van der Waals surface area contributed by atoms with Crippen molar-refractivity contribution in [2.45, 2.75) is 78.7 Å². The Kier molecular flexibility index (Phi) is 3.07. The van der Waals surface area contributed by atoms with E-state index in [0.717, 1.165) is 38.5 Å². The van der Waals surface area contributed by atoms with Gasteiger partial charge in [0.15, 0.2) is 0 Å². The Morgan fingerprint density at radius 1 is 1.08 bits per heavy atom. The van der Waals surface area contributed by atoms with Crippen LogP contribution in [0, 0.1) is 45.3 Å². The van der Waals surface area contributed by atoms with Gasteiger partial charge in [-0.25, -0.2) is 0 Å². The van der Waals surface area contributed by atoms with Crippen molar-refractivity contribution >= 4 is 11.9 Å². The summed E-state index contributed by atoms with van der Waals surface area (Å²) in [5, 5.41) is 10.1. The SMILES string of the molecule is CC(=O)OC1C2C3CC14C(CCC1C(C)(C(=O)O)CCCC14C)CC32C. The van der Waals surface area contributed by atoms with Crippen molar-refractivity contribution < 1.29 is 19.4 Å². The van der Waals surface area contributed by atoms with E-state index in [4.69, 9.17) is 4.74 Å². The fourth-order valence-corrected chi connectivity index (χ4v) is 9.25. The summed E-state index contributed by atoms with van der Waals surface area (Å²) >= 11 is 0. The maximum atomic E-state index is 12.3. The summed E-state index contributed by atoms with van der Waals surface area (Å²) in [6.07, 6.45) is 7.39. The first kappa shape index (κ1) is 17.1. The maximum Gasteiger partial charge on any atom is 0.309 e. The topological polar surface area (TPSA) is 63.6 Å². The van der Waals surface area contributed by atoms with Crippen molar-refractivity contribution in [1.82, 2.24) is 0 Å². The van der Waals surface area contributed by atoms with E-state index in [1.165, 1.54) is 6.42 Å². The largest absolute Gasteiger partial charge is 0.481 e. The van der Waals surface area contributed by atoms with Crippen LogP contribution in [0.15, 0.2) is 0 Å². The van der Waals surface area contributed by atoms with Crippen molar-refractivity contribution in [3.8, 4) is 0 Å². The molecule has 6 aliphatic rings. The Bertz CT molecular complexity index is 702. The van der Waals surface area contributed by atoms with Crippen LogP contribution in [0.25, 0.3) is 0 Å². The van der Waals surface area contributed by atoms with Crippen molar-refractivity contribution in [2.24, 2.45) is 45.3 Å². The lowest BCUT2D eigenvalue weighted by atomic mass is 9.36. The van der Waals surface area contributed by atoms with Gasteiger partial charge in [-0.3, -0.25) is 9.59 Å². The number of carboxylic acids is 1. The summed E-state index contributed by atoms with van der Waals surface area (Å²) in [4.78, 5) is 24.3. The Balaban J connectivity index is 1.64. The molecule has 0 saturated heterocycles. The second-order valence-electron chi connectivity index (χ2n) is 10.9. The van der Waals surface area contributed by atoms with Gasteiger partial charge in [-0.2, -0.15) is 0 Å². The lowest BCUT2D eigenvalue weighted by Crippen LogP contribution is -2.66. The highest BCUT2D eigenvalue weighted by atomic mass is 16.5. The summed E-state index contributed by atoms with van der Waals surface area (Å²) < 4.78 is 6.08. The number of hydrogen-bond acceptors (Lipinski definition) is 3. The molecule has 6 fully saturated rings. The molecule has 1 spiro atoms. The van der Waals surface area contributed by atoms with E-state index in [2.05, 4.69) is 13.8 Å². The Labute approximate surface area is 156 Å². The quantitative estimate of drug-likeness (QED) is 0.747. The fourth-order valence-electron chi connectivity index (χ4n) is 9.25. The van der Waals surface area contributed by atoms with E-state index >= 15 is 0 Å². The zero-order valence-corrected chi connectivity index (χ0v) is 16.5. The molecule has 6 rings (SSSR count). The average Bonchev–Trinajstić information content (AvgIpc) is 2.98. The first-order chi connectivity index (χ1) is 12.1. The Morgan fingerprint density at radius 2 is 1.81 bits per heavy atom. The molecule has 0 aromatic carbocycles. The Hall–Kier alpha value is -1.06.